The molecule has 0 unspecified atom stereocenters. The maximum Gasteiger partial charge on any atom is 0.259 e. The van der Waals surface area contributed by atoms with Crippen LogP contribution in [0, 0.1) is 0 Å². The highest BCUT2D eigenvalue weighted by molar-refractivity contribution is 7.13. The summed E-state index contributed by atoms with van der Waals surface area (Å²) in [4.78, 5) is 37.2. The van der Waals surface area contributed by atoms with Gasteiger partial charge in [0.2, 0.25) is 0 Å². The van der Waals surface area contributed by atoms with Crippen LogP contribution in [0.5, 0.6) is 0 Å². The van der Waals surface area contributed by atoms with Gasteiger partial charge in [0, 0.05) is 58.7 Å². The lowest BCUT2D eigenvalue weighted by molar-refractivity contribution is 1.16. The fourth-order valence-corrected chi connectivity index (χ4v) is 4.59. The predicted octanol–water partition coefficient (Wildman–Crippen LogP) is 5.31. The van der Waals surface area contributed by atoms with E-state index in [4.69, 9.17) is 9.97 Å². The summed E-state index contributed by atoms with van der Waals surface area (Å²) < 4.78 is 0. The number of nitrogens with one attached hydrogen (secondary N) is 2. The van der Waals surface area contributed by atoms with E-state index in [2.05, 4.69) is 25.3 Å². The van der Waals surface area contributed by atoms with E-state index in [1.807, 2.05) is 60.1 Å². The van der Waals surface area contributed by atoms with E-state index < -0.39 is 0 Å². The molecule has 0 spiro atoms. The summed E-state index contributed by atoms with van der Waals surface area (Å²) in [6.07, 6.45) is 10.0. The van der Waals surface area contributed by atoms with Crippen LogP contribution in [0.4, 0.5) is 11.5 Å². The van der Waals surface area contributed by atoms with Crippen molar-refractivity contribution in [3.05, 3.63) is 102 Å². The van der Waals surface area contributed by atoms with Gasteiger partial charge in [-0.05, 0) is 41.8 Å². The minimum absolute atomic E-state index is 0.213. The molecule has 35 heavy (non-hydrogen) atoms. The Kier molecular flexibility index (Phi) is 5.28. The normalized spacial score (nSPS) is 11.0. The number of aromatic nitrogens is 6. The lowest BCUT2D eigenvalue weighted by Crippen LogP contribution is -2.09. The molecule has 0 amide bonds. The van der Waals surface area contributed by atoms with Gasteiger partial charge in [-0.2, -0.15) is 0 Å². The zero-order valence-corrected chi connectivity index (χ0v) is 19.0. The Morgan fingerprint density at radius 1 is 0.829 bits per heavy atom. The Bertz CT molecular complexity index is 1680. The molecule has 0 aliphatic heterocycles. The summed E-state index contributed by atoms with van der Waals surface area (Å²) in [5, 5.41) is 7.52. The zero-order chi connectivity index (χ0) is 23.6. The van der Waals surface area contributed by atoms with E-state index in [-0.39, 0.29) is 5.56 Å². The molecule has 6 aromatic rings. The molecule has 168 valence electrons. The average Bonchev–Trinajstić information content (AvgIpc) is 3.41. The van der Waals surface area contributed by atoms with E-state index >= 15 is 0 Å². The van der Waals surface area contributed by atoms with Crippen molar-refractivity contribution >= 4 is 33.6 Å². The van der Waals surface area contributed by atoms with E-state index in [1.165, 1.54) is 6.33 Å². The highest BCUT2D eigenvalue weighted by atomic mass is 32.1. The molecule has 0 aliphatic carbocycles. The Labute approximate surface area is 203 Å². The van der Waals surface area contributed by atoms with E-state index in [0.29, 0.717) is 16.9 Å². The molecule has 0 atom stereocenters. The highest BCUT2D eigenvalue weighted by Gasteiger charge is 2.12. The number of aromatic amines is 1. The largest absolute Gasteiger partial charge is 0.340 e. The van der Waals surface area contributed by atoms with Crippen molar-refractivity contribution in [3.63, 3.8) is 0 Å². The van der Waals surface area contributed by atoms with E-state index in [0.717, 1.165) is 38.5 Å². The molecule has 0 saturated carbocycles. The van der Waals surface area contributed by atoms with Crippen molar-refractivity contribution in [3.8, 4) is 33.1 Å². The Morgan fingerprint density at radius 2 is 1.66 bits per heavy atom. The van der Waals surface area contributed by atoms with Crippen LogP contribution >= 0.6 is 11.3 Å². The van der Waals surface area contributed by atoms with Crippen molar-refractivity contribution < 1.29 is 0 Å². The van der Waals surface area contributed by atoms with Gasteiger partial charge in [0.15, 0.2) is 0 Å². The molecule has 0 aliphatic rings. The third-order valence-corrected chi connectivity index (χ3v) is 6.36. The Balaban J connectivity index is 1.33. The highest BCUT2D eigenvalue weighted by Crippen LogP contribution is 2.31. The van der Waals surface area contributed by atoms with Gasteiger partial charge >= 0.3 is 0 Å². The molecule has 5 aromatic heterocycles. The summed E-state index contributed by atoms with van der Waals surface area (Å²) in [7, 11) is 0. The van der Waals surface area contributed by atoms with Crippen LogP contribution in [-0.2, 0) is 0 Å². The predicted molar refractivity (Wildman–Crippen MR) is 137 cm³/mol. The number of fused-ring (bicyclic) bond motifs is 1. The van der Waals surface area contributed by atoms with Gasteiger partial charge in [0.05, 0.1) is 16.8 Å². The lowest BCUT2D eigenvalue weighted by atomic mass is 10.1. The Morgan fingerprint density at radius 3 is 2.46 bits per heavy atom. The first-order valence-corrected chi connectivity index (χ1v) is 11.6. The summed E-state index contributed by atoms with van der Waals surface area (Å²) in [6, 6.07) is 15.5. The Hall–Kier alpha value is -4.76. The van der Waals surface area contributed by atoms with E-state index in [1.54, 1.807) is 36.1 Å². The van der Waals surface area contributed by atoms with Crippen LogP contribution < -0.4 is 10.9 Å². The van der Waals surface area contributed by atoms with Gasteiger partial charge in [0.25, 0.3) is 5.56 Å². The number of hydrogen-bond donors (Lipinski definition) is 2. The van der Waals surface area contributed by atoms with Crippen LogP contribution in [0.3, 0.4) is 0 Å². The smallest absolute Gasteiger partial charge is 0.259 e. The van der Waals surface area contributed by atoms with Crippen molar-refractivity contribution in [2.24, 2.45) is 0 Å². The van der Waals surface area contributed by atoms with Gasteiger partial charge in [-0.3, -0.25) is 9.78 Å². The molecular formula is C26H17N7OS. The van der Waals surface area contributed by atoms with Crippen molar-refractivity contribution in [2.75, 3.05) is 5.32 Å². The first-order valence-electron chi connectivity index (χ1n) is 10.8. The van der Waals surface area contributed by atoms with Gasteiger partial charge < -0.3 is 10.3 Å². The quantitative estimate of drug-likeness (QED) is 0.348. The number of pyridine rings is 3. The average molecular weight is 476 g/mol. The topological polar surface area (TPSA) is 109 Å². The second kappa shape index (κ2) is 8.88. The van der Waals surface area contributed by atoms with Crippen LogP contribution in [-0.4, -0.2) is 29.9 Å². The first kappa shape index (κ1) is 20.8. The number of anilines is 2. The molecule has 0 bridgehead atoms. The van der Waals surface area contributed by atoms with Crippen molar-refractivity contribution in [1.29, 1.82) is 0 Å². The van der Waals surface area contributed by atoms with Gasteiger partial charge in [-0.25, -0.2) is 19.9 Å². The molecule has 0 fully saturated rings. The molecule has 1 aromatic carbocycles. The van der Waals surface area contributed by atoms with Gasteiger partial charge in [-0.1, -0.05) is 12.1 Å². The standard InChI is InChI=1S/C26H17N7OS/c34-25-23-17(7-9-30-25)10-21(19-12-28-15-29-13-19)32-24(23)31-20-5-3-16(4-6-20)22-14-35-26(33-22)18-2-1-8-27-11-18/h1-15H,(H,30,34)(H,31,32). The minimum atomic E-state index is -0.213. The number of nitrogens with zero attached hydrogens (tertiary/aromatic N) is 5. The second-order valence-electron chi connectivity index (χ2n) is 7.74. The number of hydrogen-bond acceptors (Lipinski definition) is 8. The molecule has 5 heterocycles. The fraction of sp³-hybridized carbons (Fsp3) is 0. The van der Waals surface area contributed by atoms with Crippen LogP contribution in [0.15, 0.2) is 96.0 Å². The van der Waals surface area contributed by atoms with Gasteiger partial charge in [-0.15, -0.1) is 11.3 Å². The fourth-order valence-electron chi connectivity index (χ4n) is 3.77. The van der Waals surface area contributed by atoms with Crippen LogP contribution in [0.25, 0.3) is 43.9 Å². The zero-order valence-electron chi connectivity index (χ0n) is 18.2. The summed E-state index contributed by atoms with van der Waals surface area (Å²) >= 11 is 1.58. The van der Waals surface area contributed by atoms with Gasteiger partial charge in [0.1, 0.15) is 17.2 Å². The molecular weight excluding hydrogens is 458 g/mol. The molecule has 9 heteroatoms. The summed E-state index contributed by atoms with van der Waals surface area (Å²) in [6.45, 7) is 0. The SMILES string of the molecule is O=c1[nH]ccc2cc(-c3cncnc3)nc(Nc3ccc(-c4csc(-c5cccnc5)n4)cc3)c12. The van der Waals surface area contributed by atoms with Crippen LogP contribution in [0.2, 0.25) is 0 Å². The van der Waals surface area contributed by atoms with Crippen LogP contribution in [0.1, 0.15) is 0 Å². The number of benzene rings is 1. The molecule has 0 saturated heterocycles. The third kappa shape index (κ3) is 4.16. The molecule has 0 radical (unpaired) electrons. The molecule has 2 N–H and O–H groups in total. The number of H-pyrrole nitrogens is 1. The summed E-state index contributed by atoms with van der Waals surface area (Å²) in [5.41, 5.74) is 4.91. The van der Waals surface area contributed by atoms with E-state index in [9.17, 15) is 4.79 Å². The molecule has 8 nitrogen and oxygen atoms in total. The third-order valence-electron chi connectivity index (χ3n) is 5.47. The van der Waals surface area contributed by atoms with Crippen molar-refractivity contribution in [2.45, 2.75) is 0 Å². The minimum Gasteiger partial charge on any atom is -0.340 e. The number of thiazole rings is 1. The molecule has 6 rings (SSSR count). The van der Waals surface area contributed by atoms with Crippen molar-refractivity contribution in [1.82, 2.24) is 29.9 Å². The maximum atomic E-state index is 12.6. The lowest BCUT2D eigenvalue weighted by Gasteiger charge is -2.11. The monoisotopic (exact) mass is 475 g/mol. The maximum absolute atomic E-state index is 12.6. The summed E-state index contributed by atoms with van der Waals surface area (Å²) in [5.74, 6) is 0.462. The first-order chi connectivity index (χ1) is 17.2. The second-order valence-corrected chi connectivity index (χ2v) is 8.59. The number of rotatable bonds is 5.